The molecule has 0 radical (unpaired) electrons. The molecular weight excluding hydrogens is 515 g/mol. The number of alkyl carbamates (subject to hydrolysis) is 1. The third-order valence-corrected chi connectivity index (χ3v) is 3.77. The Kier molecular flexibility index (Phi) is 20.2. The van der Waals surface area contributed by atoms with Gasteiger partial charge in [-0.25, -0.2) is 9.59 Å². The second-order valence-corrected chi connectivity index (χ2v) is 8.18. The van der Waals surface area contributed by atoms with Crippen LogP contribution in [0.5, 0.6) is 0 Å². The Morgan fingerprint density at radius 2 is 1.61 bits per heavy atom. The summed E-state index contributed by atoms with van der Waals surface area (Å²) in [5.41, 5.74) is -0.656. The van der Waals surface area contributed by atoms with Crippen molar-refractivity contribution in [2.24, 2.45) is 5.92 Å². The van der Waals surface area contributed by atoms with Gasteiger partial charge >= 0.3 is 12.1 Å². The van der Waals surface area contributed by atoms with Crippen molar-refractivity contribution in [3.05, 3.63) is 0 Å². The van der Waals surface area contributed by atoms with Gasteiger partial charge in [0, 0.05) is 0 Å². The Morgan fingerprint density at radius 1 is 1.07 bits per heavy atom. The fraction of sp³-hybridized carbons (Fsp3) is 0.833. The number of carbonyl (C=O) groups is 3. The molecule has 0 saturated carbocycles. The smallest absolute Gasteiger partial charge is 0.408 e. The standard InChI is InChI=1S/C17H32N2O5S.CH4S.HI/c1-11(2)10-13(15(21)23-6)18-14(20)12(8-9-25-7)19-16(22)24-17(3,4)5;1-2;/h11-13H,8-10H2,1-7H3,(H,18,20)(H,19,22);2H,1H3;1H/t12-,13+;;/m1../s1. The molecule has 0 bridgehead atoms. The SMILES string of the molecule is COC(=O)[C@H](CC(C)C)NC(=O)[C@@H](CCSC)NC(=O)OC(C)(C)C.CS.I. The number of carbonyl (C=O) groups excluding carboxylic acids is 3. The summed E-state index contributed by atoms with van der Waals surface area (Å²) < 4.78 is 9.96. The molecule has 0 heterocycles. The van der Waals surface area contributed by atoms with E-state index in [1.807, 2.05) is 20.1 Å². The molecule has 2 amide bonds. The summed E-state index contributed by atoms with van der Waals surface area (Å²) in [6, 6.07) is -1.52. The maximum atomic E-state index is 12.6. The third kappa shape index (κ3) is 16.6. The molecule has 2 N–H and O–H groups in total. The van der Waals surface area contributed by atoms with Gasteiger partial charge < -0.3 is 20.1 Å². The Bertz CT molecular complexity index is 460. The number of halogens is 1. The molecule has 7 nitrogen and oxygen atoms in total. The van der Waals surface area contributed by atoms with E-state index in [4.69, 9.17) is 9.47 Å². The van der Waals surface area contributed by atoms with Crippen LogP contribution < -0.4 is 10.6 Å². The predicted octanol–water partition coefficient (Wildman–Crippen LogP) is 3.50. The lowest BCUT2D eigenvalue weighted by molar-refractivity contribution is -0.145. The molecule has 0 aromatic heterocycles. The van der Waals surface area contributed by atoms with Gasteiger partial charge in [0.1, 0.15) is 17.7 Å². The van der Waals surface area contributed by atoms with E-state index in [0.717, 1.165) is 0 Å². The van der Waals surface area contributed by atoms with Crippen molar-refractivity contribution >= 4 is 66.3 Å². The Balaban J connectivity index is -0.00000201. The normalized spacial score (nSPS) is 12.5. The Morgan fingerprint density at radius 3 is 2.00 bits per heavy atom. The number of hydrogen-bond acceptors (Lipinski definition) is 7. The molecular formula is C18H37IN2O5S2. The van der Waals surface area contributed by atoms with Crippen LogP contribution in [0.4, 0.5) is 4.79 Å². The van der Waals surface area contributed by atoms with Crippen LogP contribution in [0, 0.1) is 5.92 Å². The molecule has 0 aliphatic heterocycles. The van der Waals surface area contributed by atoms with Gasteiger partial charge in [-0.15, -0.1) is 24.0 Å². The zero-order chi connectivity index (χ0) is 21.6. The summed E-state index contributed by atoms with van der Waals surface area (Å²) in [6.07, 6.45) is 3.84. The molecule has 2 atom stereocenters. The van der Waals surface area contributed by atoms with Crippen molar-refractivity contribution in [2.45, 2.75) is 65.1 Å². The van der Waals surface area contributed by atoms with Crippen LogP contribution in [0.25, 0.3) is 0 Å². The molecule has 28 heavy (non-hydrogen) atoms. The van der Waals surface area contributed by atoms with Crippen LogP contribution in [-0.2, 0) is 19.1 Å². The highest BCUT2D eigenvalue weighted by atomic mass is 127. The van der Waals surface area contributed by atoms with Crippen molar-refractivity contribution in [1.29, 1.82) is 0 Å². The van der Waals surface area contributed by atoms with Crippen LogP contribution in [0.2, 0.25) is 0 Å². The van der Waals surface area contributed by atoms with Crippen LogP contribution in [-0.4, -0.2) is 61.0 Å². The largest absolute Gasteiger partial charge is 0.467 e. The maximum Gasteiger partial charge on any atom is 0.408 e. The second-order valence-electron chi connectivity index (χ2n) is 7.19. The molecule has 0 aliphatic rings. The lowest BCUT2D eigenvalue weighted by Crippen LogP contribution is -2.53. The average molecular weight is 553 g/mol. The minimum absolute atomic E-state index is 0. The van der Waals surface area contributed by atoms with E-state index >= 15 is 0 Å². The molecule has 0 rings (SSSR count). The number of esters is 1. The first-order valence-electron chi connectivity index (χ1n) is 8.81. The van der Waals surface area contributed by atoms with Crippen molar-refractivity contribution in [3.63, 3.8) is 0 Å². The number of thiol groups is 1. The number of hydrogen-bond donors (Lipinski definition) is 3. The summed E-state index contributed by atoms with van der Waals surface area (Å²) in [7, 11) is 1.28. The van der Waals surface area contributed by atoms with Crippen molar-refractivity contribution in [1.82, 2.24) is 10.6 Å². The zero-order valence-corrected chi connectivity index (χ0v) is 22.2. The van der Waals surface area contributed by atoms with Gasteiger partial charge in [0.05, 0.1) is 7.11 Å². The van der Waals surface area contributed by atoms with Gasteiger partial charge in [-0.3, -0.25) is 4.79 Å². The molecule has 0 spiro atoms. The molecule has 0 aliphatic carbocycles. The molecule has 0 saturated heterocycles. The Labute approximate surface area is 196 Å². The molecule has 0 aromatic carbocycles. The van der Waals surface area contributed by atoms with E-state index in [0.29, 0.717) is 18.6 Å². The highest BCUT2D eigenvalue weighted by Gasteiger charge is 2.28. The van der Waals surface area contributed by atoms with E-state index in [1.54, 1.807) is 38.8 Å². The van der Waals surface area contributed by atoms with Crippen LogP contribution in [0.15, 0.2) is 0 Å². The van der Waals surface area contributed by atoms with Gasteiger partial charge in [0.2, 0.25) is 5.91 Å². The average Bonchev–Trinajstić information content (AvgIpc) is 2.56. The number of amides is 2. The highest BCUT2D eigenvalue weighted by Crippen LogP contribution is 2.10. The lowest BCUT2D eigenvalue weighted by atomic mass is 10.0. The first-order valence-corrected chi connectivity index (χ1v) is 11.1. The molecule has 0 aromatic rings. The van der Waals surface area contributed by atoms with Crippen LogP contribution in [0.3, 0.4) is 0 Å². The fourth-order valence-electron chi connectivity index (χ4n) is 2.05. The van der Waals surface area contributed by atoms with Gasteiger partial charge in [0.15, 0.2) is 0 Å². The number of nitrogens with one attached hydrogen (secondary N) is 2. The summed E-state index contributed by atoms with van der Waals surface area (Å²) in [6.45, 7) is 9.15. The number of ether oxygens (including phenoxy) is 2. The van der Waals surface area contributed by atoms with E-state index in [9.17, 15) is 14.4 Å². The van der Waals surface area contributed by atoms with Gasteiger partial charge in [-0.2, -0.15) is 24.4 Å². The van der Waals surface area contributed by atoms with Crippen molar-refractivity contribution < 1.29 is 23.9 Å². The number of rotatable bonds is 9. The minimum atomic E-state index is -0.776. The van der Waals surface area contributed by atoms with E-state index in [2.05, 4.69) is 23.3 Å². The third-order valence-electron chi connectivity index (χ3n) is 3.13. The van der Waals surface area contributed by atoms with Crippen molar-refractivity contribution in [3.8, 4) is 0 Å². The molecule has 0 unspecified atom stereocenters. The predicted molar refractivity (Wildman–Crippen MR) is 130 cm³/mol. The van der Waals surface area contributed by atoms with Gasteiger partial charge in [0.25, 0.3) is 0 Å². The summed E-state index contributed by atoms with van der Waals surface area (Å²) in [5.74, 6) is -0.0345. The summed E-state index contributed by atoms with van der Waals surface area (Å²) in [4.78, 5) is 36.4. The van der Waals surface area contributed by atoms with Crippen molar-refractivity contribution in [2.75, 3.05) is 25.4 Å². The summed E-state index contributed by atoms with van der Waals surface area (Å²) >= 11 is 5.09. The number of thioether (sulfide) groups is 1. The monoisotopic (exact) mass is 552 g/mol. The second kappa shape index (κ2) is 17.5. The molecule has 10 heteroatoms. The first-order chi connectivity index (χ1) is 12.5. The summed E-state index contributed by atoms with van der Waals surface area (Å²) in [5, 5.41) is 5.27. The van der Waals surface area contributed by atoms with Crippen LogP contribution in [0.1, 0.15) is 47.5 Å². The van der Waals surface area contributed by atoms with E-state index < -0.39 is 35.7 Å². The highest BCUT2D eigenvalue weighted by molar-refractivity contribution is 14.0. The van der Waals surface area contributed by atoms with Gasteiger partial charge in [-0.05, 0) is 57.8 Å². The molecule has 0 fully saturated rings. The minimum Gasteiger partial charge on any atom is -0.467 e. The quantitative estimate of drug-likeness (QED) is 0.230. The van der Waals surface area contributed by atoms with Crippen LogP contribution >= 0.6 is 48.4 Å². The lowest BCUT2D eigenvalue weighted by Gasteiger charge is -2.25. The Hall–Kier alpha value is -0.360. The van der Waals surface area contributed by atoms with E-state index in [-0.39, 0.29) is 29.9 Å². The number of methoxy groups -OCH3 is 1. The first kappa shape index (κ1) is 32.3. The molecule has 168 valence electrons. The maximum absolute atomic E-state index is 12.6. The van der Waals surface area contributed by atoms with E-state index in [1.165, 1.54) is 7.11 Å². The zero-order valence-electron chi connectivity index (χ0n) is 18.2. The van der Waals surface area contributed by atoms with Gasteiger partial charge in [-0.1, -0.05) is 13.8 Å². The fourth-order valence-corrected chi connectivity index (χ4v) is 2.53. The topological polar surface area (TPSA) is 93.7 Å².